The van der Waals surface area contributed by atoms with E-state index in [1.807, 2.05) is 20.2 Å². The van der Waals surface area contributed by atoms with Crippen molar-refractivity contribution in [1.29, 1.82) is 0 Å². The highest BCUT2D eigenvalue weighted by molar-refractivity contribution is 5.57. The number of aliphatic imine (C=N–C) groups is 1. The predicted octanol–water partition coefficient (Wildman–Crippen LogP) is 7.05. The third-order valence-corrected chi connectivity index (χ3v) is 6.02. The Morgan fingerprint density at radius 2 is 1.89 bits per heavy atom. The van der Waals surface area contributed by atoms with E-state index in [0.717, 1.165) is 30.7 Å². The SMILES string of the molecule is C=C(C)C(CC)(CCC)c1ccc(C/C=C(N=CC)\C(C)=C(/C)NC)cc1C. The van der Waals surface area contributed by atoms with Gasteiger partial charge < -0.3 is 5.32 Å². The Labute approximate surface area is 173 Å². The van der Waals surface area contributed by atoms with Crippen molar-refractivity contribution < 1.29 is 0 Å². The Balaban J connectivity index is 3.27. The summed E-state index contributed by atoms with van der Waals surface area (Å²) in [5.41, 5.74) is 8.86. The molecule has 0 aromatic heterocycles. The summed E-state index contributed by atoms with van der Waals surface area (Å²) in [6.45, 7) is 19.5. The van der Waals surface area contributed by atoms with Crippen LogP contribution >= 0.6 is 0 Å². The first-order valence-electron chi connectivity index (χ1n) is 10.6. The fourth-order valence-electron chi connectivity index (χ4n) is 4.10. The average Bonchev–Trinajstić information content (AvgIpc) is 2.68. The van der Waals surface area contributed by atoms with Crippen molar-refractivity contribution in [1.82, 2.24) is 5.32 Å². The van der Waals surface area contributed by atoms with Crippen LogP contribution in [0.25, 0.3) is 0 Å². The highest BCUT2D eigenvalue weighted by atomic mass is 14.8. The van der Waals surface area contributed by atoms with Gasteiger partial charge in [-0.05, 0) is 76.1 Å². The van der Waals surface area contributed by atoms with Gasteiger partial charge in [-0.15, -0.1) is 0 Å². The highest BCUT2D eigenvalue weighted by Crippen LogP contribution is 2.41. The molecule has 0 aliphatic heterocycles. The molecule has 0 amide bonds. The monoisotopic (exact) mass is 380 g/mol. The van der Waals surface area contributed by atoms with Gasteiger partial charge in [-0.1, -0.05) is 56.7 Å². The van der Waals surface area contributed by atoms with Gasteiger partial charge in [0.1, 0.15) is 0 Å². The molecule has 0 saturated carbocycles. The molecule has 1 N–H and O–H groups in total. The quantitative estimate of drug-likeness (QED) is 0.262. The minimum Gasteiger partial charge on any atom is -0.391 e. The topological polar surface area (TPSA) is 24.4 Å². The number of hydrogen-bond acceptors (Lipinski definition) is 2. The Morgan fingerprint density at radius 1 is 1.21 bits per heavy atom. The first kappa shape index (κ1) is 23.9. The van der Waals surface area contributed by atoms with E-state index in [2.05, 4.69) is 82.7 Å². The first-order chi connectivity index (χ1) is 13.3. The second-order valence-electron chi connectivity index (χ2n) is 7.80. The lowest BCUT2D eigenvalue weighted by molar-refractivity contribution is 0.439. The van der Waals surface area contributed by atoms with E-state index in [-0.39, 0.29) is 5.41 Å². The maximum atomic E-state index is 4.57. The fraction of sp³-hybridized carbons (Fsp3) is 0.500. The maximum Gasteiger partial charge on any atom is 0.0635 e. The van der Waals surface area contributed by atoms with Gasteiger partial charge in [0.2, 0.25) is 0 Å². The van der Waals surface area contributed by atoms with Crippen molar-refractivity contribution in [3.8, 4) is 0 Å². The number of nitrogens with one attached hydrogen (secondary N) is 1. The minimum absolute atomic E-state index is 0.0914. The molecular formula is C26H40N2. The third kappa shape index (κ3) is 5.47. The van der Waals surface area contributed by atoms with Gasteiger partial charge in [-0.2, -0.15) is 0 Å². The van der Waals surface area contributed by atoms with Crippen LogP contribution in [0.5, 0.6) is 0 Å². The van der Waals surface area contributed by atoms with Gasteiger partial charge in [0, 0.05) is 24.4 Å². The summed E-state index contributed by atoms with van der Waals surface area (Å²) in [5.74, 6) is 0. The third-order valence-electron chi connectivity index (χ3n) is 6.02. The van der Waals surface area contributed by atoms with Crippen molar-refractivity contribution in [2.75, 3.05) is 7.05 Å². The summed E-state index contributed by atoms with van der Waals surface area (Å²) < 4.78 is 0. The van der Waals surface area contributed by atoms with Crippen molar-refractivity contribution >= 4 is 6.21 Å². The van der Waals surface area contributed by atoms with E-state index >= 15 is 0 Å². The zero-order valence-corrected chi connectivity index (χ0v) is 19.4. The minimum atomic E-state index is 0.0914. The molecule has 1 atom stereocenters. The Hall–Kier alpha value is -2.09. The molecule has 0 saturated heterocycles. The molecule has 0 aliphatic carbocycles. The molecule has 28 heavy (non-hydrogen) atoms. The molecule has 1 unspecified atom stereocenters. The van der Waals surface area contributed by atoms with E-state index < -0.39 is 0 Å². The molecule has 2 heteroatoms. The van der Waals surface area contributed by atoms with E-state index in [4.69, 9.17) is 0 Å². The van der Waals surface area contributed by atoms with Gasteiger partial charge in [-0.25, -0.2) is 0 Å². The fourth-order valence-corrected chi connectivity index (χ4v) is 4.10. The zero-order valence-electron chi connectivity index (χ0n) is 19.4. The Kier molecular flexibility index (Phi) is 9.45. The molecule has 1 aromatic rings. The summed E-state index contributed by atoms with van der Waals surface area (Å²) in [5, 5.41) is 3.22. The number of hydrogen-bond donors (Lipinski definition) is 1. The van der Waals surface area contributed by atoms with Crippen molar-refractivity contribution in [3.05, 3.63) is 70.1 Å². The highest BCUT2D eigenvalue weighted by Gasteiger charge is 2.31. The molecule has 154 valence electrons. The Bertz CT molecular complexity index is 765. The molecule has 0 radical (unpaired) electrons. The van der Waals surface area contributed by atoms with Crippen LogP contribution in [-0.2, 0) is 11.8 Å². The molecule has 0 bridgehead atoms. The molecule has 1 rings (SSSR count). The average molecular weight is 381 g/mol. The lowest BCUT2D eigenvalue weighted by Crippen LogP contribution is -2.27. The van der Waals surface area contributed by atoms with Crippen LogP contribution < -0.4 is 5.32 Å². The molecule has 2 nitrogen and oxygen atoms in total. The van der Waals surface area contributed by atoms with E-state index in [9.17, 15) is 0 Å². The van der Waals surface area contributed by atoms with Crippen molar-refractivity contribution in [2.24, 2.45) is 4.99 Å². The summed E-state index contributed by atoms with van der Waals surface area (Å²) in [6, 6.07) is 6.95. The molecule has 1 aromatic carbocycles. The molecule has 0 spiro atoms. The first-order valence-corrected chi connectivity index (χ1v) is 10.6. The molecular weight excluding hydrogens is 340 g/mol. The van der Waals surface area contributed by atoms with Crippen molar-refractivity contribution in [2.45, 2.75) is 79.6 Å². The summed E-state index contributed by atoms with van der Waals surface area (Å²) in [4.78, 5) is 4.57. The Morgan fingerprint density at radius 3 is 2.36 bits per heavy atom. The van der Waals surface area contributed by atoms with Crippen molar-refractivity contribution in [3.63, 3.8) is 0 Å². The van der Waals surface area contributed by atoms with Crippen LogP contribution in [0.1, 0.15) is 77.5 Å². The second kappa shape index (κ2) is 11.0. The standard InChI is InChI=1S/C26H40N2/c1-10-17-26(11-2,19(4)5)24-15-13-23(18-20(24)6)14-16-25(28-12-3)21(7)22(8)27-9/h12-13,15-16,18,27H,4,10-11,14,17H2,1-3,5-9H3/b22-21+,25-16+,28-12?. The van der Waals surface area contributed by atoms with Gasteiger partial charge in [0.05, 0.1) is 5.70 Å². The van der Waals surface area contributed by atoms with Crippen LogP contribution in [0, 0.1) is 6.92 Å². The van der Waals surface area contributed by atoms with E-state index in [1.54, 1.807) is 0 Å². The van der Waals surface area contributed by atoms with Crippen LogP contribution in [0.3, 0.4) is 0 Å². The van der Waals surface area contributed by atoms with E-state index in [0.29, 0.717) is 0 Å². The predicted molar refractivity (Wildman–Crippen MR) is 126 cm³/mol. The van der Waals surface area contributed by atoms with Gasteiger partial charge >= 0.3 is 0 Å². The normalized spacial score (nSPS) is 15.4. The summed E-state index contributed by atoms with van der Waals surface area (Å²) in [7, 11) is 1.95. The number of aryl methyl sites for hydroxylation is 1. The lowest BCUT2D eigenvalue weighted by atomic mass is 9.68. The van der Waals surface area contributed by atoms with Crippen LogP contribution in [0.4, 0.5) is 0 Å². The number of benzene rings is 1. The largest absolute Gasteiger partial charge is 0.391 e. The van der Waals surface area contributed by atoms with Crippen LogP contribution in [0.2, 0.25) is 0 Å². The molecule has 0 fully saturated rings. The molecule has 0 aliphatic rings. The molecule has 0 heterocycles. The zero-order chi connectivity index (χ0) is 21.3. The second-order valence-corrected chi connectivity index (χ2v) is 7.80. The van der Waals surface area contributed by atoms with Gasteiger partial charge in [-0.3, -0.25) is 4.99 Å². The summed E-state index contributed by atoms with van der Waals surface area (Å²) in [6.07, 6.45) is 8.38. The van der Waals surface area contributed by atoms with Gasteiger partial charge in [0.15, 0.2) is 0 Å². The number of allylic oxidation sites excluding steroid dienone is 4. The van der Waals surface area contributed by atoms with Gasteiger partial charge in [0.25, 0.3) is 0 Å². The smallest absolute Gasteiger partial charge is 0.0635 e. The summed E-state index contributed by atoms with van der Waals surface area (Å²) >= 11 is 0. The number of rotatable bonds is 10. The lowest BCUT2D eigenvalue weighted by Gasteiger charge is -2.35. The van der Waals surface area contributed by atoms with E-state index in [1.165, 1.54) is 34.3 Å². The van der Waals surface area contributed by atoms with Crippen LogP contribution in [0.15, 0.2) is 58.4 Å². The maximum absolute atomic E-state index is 4.57. The van der Waals surface area contributed by atoms with Crippen LogP contribution in [-0.4, -0.2) is 13.3 Å². The number of nitrogens with zero attached hydrogens (tertiary/aromatic N) is 1.